The fourth-order valence-corrected chi connectivity index (χ4v) is 3.66. The Morgan fingerprint density at radius 2 is 1.29 bits per heavy atom. The molecule has 0 saturated carbocycles. The summed E-state index contributed by atoms with van der Waals surface area (Å²) in [5.41, 5.74) is 8.84. The number of aromatic nitrogens is 1. The van der Waals surface area contributed by atoms with Crippen molar-refractivity contribution >= 4 is 22.2 Å². The third-order valence-corrected chi connectivity index (χ3v) is 5.13. The van der Waals surface area contributed by atoms with E-state index in [1.165, 1.54) is 11.1 Å². The van der Waals surface area contributed by atoms with E-state index >= 15 is 0 Å². The van der Waals surface area contributed by atoms with Crippen LogP contribution < -0.4 is 5.43 Å². The molecule has 0 unspecified atom stereocenters. The minimum atomic E-state index is 0.803. The lowest BCUT2D eigenvalue weighted by Crippen LogP contribution is -2.10. The van der Waals surface area contributed by atoms with Crippen LogP contribution in [0.5, 0.6) is 0 Å². The lowest BCUT2D eigenvalue weighted by molar-refractivity contribution is 1.16. The normalized spacial score (nSPS) is 10.4. The lowest BCUT2D eigenvalue weighted by atomic mass is 10.0. The minimum Gasteiger partial charge on any atom is -0.253 e. The predicted octanol–water partition coefficient (Wildman–Crippen LogP) is 6.06. The van der Waals surface area contributed by atoms with Gasteiger partial charge in [0.25, 0.3) is 0 Å². The van der Waals surface area contributed by atoms with Gasteiger partial charge in [0.05, 0.1) is 5.69 Å². The first kappa shape index (κ1) is 18.1. The van der Waals surface area contributed by atoms with Crippen LogP contribution in [-0.2, 0) is 12.8 Å². The maximum atomic E-state index is 4.71. The number of hydrazone groups is 1. The fourth-order valence-electron chi connectivity index (χ4n) is 3.00. The van der Waals surface area contributed by atoms with Crippen molar-refractivity contribution < 1.29 is 0 Å². The highest BCUT2D eigenvalue weighted by molar-refractivity contribution is 7.14. The van der Waals surface area contributed by atoms with Gasteiger partial charge in [-0.05, 0) is 11.1 Å². The van der Waals surface area contributed by atoms with Crippen LogP contribution in [-0.4, -0.2) is 10.7 Å². The van der Waals surface area contributed by atoms with Gasteiger partial charge in [-0.3, -0.25) is 5.43 Å². The summed E-state index contributed by atoms with van der Waals surface area (Å²) in [6, 6.07) is 31.1. The van der Waals surface area contributed by atoms with Crippen LogP contribution in [0.1, 0.15) is 11.1 Å². The summed E-state index contributed by atoms with van der Waals surface area (Å²) >= 11 is 1.57. The zero-order valence-electron chi connectivity index (χ0n) is 15.5. The van der Waals surface area contributed by atoms with Crippen LogP contribution in [0.15, 0.2) is 101 Å². The molecule has 138 valence electrons. The number of nitrogens with one attached hydrogen (secondary N) is 1. The quantitative estimate of drug-likeness (QED) is 0.311. The molecule has 0 bridgehead atoms. The molecule has 0 amide bonds. The molecule has 4 rings (SSSR count). The molecule has 0 aliphatic carbocycles. The Morgan fingerprint density at radius 3 is 1.86 bits per heavy atom. The van der Waals surface area contributed by atoms with Gasteiger partial charge in [0.1, 0.15) is 0 Å². The number of hydrogen-bond donors (Lipinski definition) is 1. The van der Waals surface area contributed by atoms with E-state index in [9.17, 15) is 0 Å². The van der Waals surface area contributed by atoms with Gasteiger partial charge in [-0.15, -0.1) is 11.3 Å². The molecule has 3 aromatic carbocycles. The number of hydrogen-bond acceptors (Lipinski definition) is 4. The highest BCUT2D eigenvalue weighted by Crippen LogP contribution is 2.24. The van der Waals surface area contributed by atoms with E-state index in [-0.39, 0.29) is 0 Å². The Hall–Kier alpha value is -3.24. The van der Waals surface area contributed by atoms with Gasteiger partial charge < -0.3 is 0 Å². The largest absolute Gasteiger partial charge is 0.253 e. The zero-order chi connectivity index (χ0) is 19.0. The first-order valence-corrected chi connectivity index (χ1v) is 10.1. The second-order valence-electron chi connectivity index (χ2n) is 6.52. The van der Waals surface area contributed by atoms with Crippen molar-refractivity contribution in [1.29, 1.82) is 0 Å². The van der Waals surface area contributed by atoms with Crippen LogP contribution in [0.2, 0.25) is 0 Å². The second-order valence-corrected chi connectivity index (χ2v) is 7.38. The predicted molar refractivity (Wildman–Crippen MR) is 119 cm³/mol. The van der Waals surface area contributed by atoms with Crippen molar-refractivity contribution in [2.75, 3.05) is 5.43 Å². The molecule has 0 radical (unpaired) electrons. The van der Waals surface area contributed by atoms with Crippen molar-refractivity contribution in [3.63, 3.8) is 0 Å². The first-order valence-electron chi connectivity index (χ1n) is 9.27. The summed E-state index contributed by atoms with van der Waals surface area (Å²) in [5.74, 6) is 0. The van der Waals surface area contributed by atoms with Crippen LogP contribution in [0.4, 0.5) is 5.13 Å². The monoisotopic (exact) mass is 383 g/mol. The van der Waals surface area contributed by atoms with E-state index in [4.69, 9.17) is 5.10 Å². The van der Waals surface area contributed by atoms with E-state index in [1.54, 1.807) is 11.3 Å². The van der Waals surface area contributed by atoms with Crippen molar-refractivity contribution in [3.05, 3.63) is 108 Å². The molecule has 4 heteroatoms. The molecule has 0 aliphatic rings. The fraction of sp³-hybridized carbons (Fsp3) is 0.0833. The number of rotatable bonds is 7. The number of benzene rings is 3. The molecule has 0 aliphatic heterocycles. The molecule has 0 saturated heterocycles. The Bertz CT molecular complexity index is 982. The van der Waals surface area contributed by atoms with Crippen LogP contribution >= 0.6 is 11.3 Å². The van der Waals surface area contributed by atoms with Crippen molar-refractivity contribution in [2.24, 2.45) is 5.10 Å². The summed E-state index contributed by atoms with van der Waals surface area (Å²) in [6.07, 6.45) is 1.61. The van der Waals surface area contributed by atoms with Gasteiger partial charge in [-0.1, -0.05) is 91.0 Å². The third kappa shape index (κ3) is 4.93. The van der Waals surface area contributed by atoms with Crippen LogP contribution in [0, 0.1) is 0 Å². The molecule has 1 heterocycles. The Labute approximate surface area is 169 Å². The summed E-state index contributed by atoms with van der Waals surface area (Å²) < 4.78 is 0. The van der Waals surface area contributed by atoms with E-state index in [0.717, 1.165) is 34.9 Å². The van der Waals surface area contributed by atoms with E-state index in [1.807, 2.05) is 30.3 Å². The van der Waals surface area contributed by atoms with Gasteiger partial charge in [-0.2, -0.15) is 5.10 Å². The highest BCUT2D eigenvalue weighted by atomic mass is 32.1. The van der Waals surface area contributed by atoms with Gasteiger partial charge in [-0.25, -0.2) is 4.98 Å². The van der Waals surface area contributed by atoms with Gasteiger partial charge >= 0.3 is 0 Å². The van der Waals surface area contributed by atoms with Gasteiger partial charge in [0.15, 0.2) is 0 Å². The third-order valence-electron chi connectivity index (χ3n) is 4.39. The maximum absolute atomic E-state index is 4.71. The number of nitrogens with zero attached hydrogens (tertiary/aromatic N) is 2. The lowest BCUT2D eigenvalue weighted by Gasteiger charge is -2.08. The average molecular weight is 384 g/mol. The molecule has 28 heavy (non-hydrogen) atoms. The average Bonchev–Trinajstić information content (AvgIpc) is 3.23. The Balaban J connectivity index is 1.52. The van der Waals surface area contributed by atoms with Crippen molar-refractivity contribution in [1.82, 2.24) is 4.98 Å². The highest BCUT2D eigenvalue weighted by Gasteiger charge is 2.06. The Kier molecular flexibility index (Phi) is 5.90. The van der Waals surface area contributed by atoms with Crippen molar-refractivity contribution in [3.8, 4) is 11.3 Å². The second kappa shape index (κ2) is 9.11. The summed E-state index contributed by atoms with van der Waals surface area (Å²) in [4.78, 5) is 4.67. The van der Waals surface area contributed by atoms with Crippen LogP contribution in [0.3, 0.4) is 0 Å². The molecule has 1 N–H and O–H groups in total. The van der Waals surface area contributed by atoms with Crippen LogP contribution in [0.25, 0.3) is 11.3 Å². The summed E-state index contributed by atoms with van der Waals surface area (Å²) in [7, 11) is 0. The summed E-state index contributed by atoms with van der Waals surface area (Å²) in [5, 5.41) is 7.57. The SMILES string of the molecule is c1ccc(CC(Cc2ccccc2)=NNc2nc(-c3ccccc3)cs2)cc1. The van der Waals surface area contributed by atoms with E-state index < -0.39 is 0 Å². The van der Waals surface area contributed by atoms with Gasteiger partial charge in [0, 0.05) is 29.5 Å². The molecule has 1 aromatic heterocycles. The van der Waals surface area contributed by atoms with E-state index in [0.29, 0.717) is 0 Å². The molecular formula is C24H21N3S. The molecule has 0 spiro atoms. The molecule has 0 fully saturated rings. The van der Waals surface area contributed by atoms with Crippen molar-refractivity contribution in [2.45, 2.75) is 12.8 Å². The molecular weight excluding hydrogens is 362 g/mol. The standard InChI is InChI=1S/C24H21N3S/c1-4-10-19(11-5-1)16-22(17-20-12-6-2-7-13-20)26-27-24-25-23(18-28-24)21-14-8-3-9-15-21/h1-15,18H,16-17H2,(H,25,27). The Morgan fingerprint density at radius 1 is 0.750 bits per heavy atom. The number of thiazole rings is 1. The minimum absolute atomic E-state index is 0.803. The molecule has 3 nitrogen and oxygen atoms in total. The van der Waals surface area contributed by atoms with Gasteiger partial charge in [0.2, 0.25) is 5.13 Å². The zero-order valence-corrected chi connectivity index (χ0v) is 16.3. The number of anilines is 1. The summed E-state index contributed by atoms with van der Waals surface area (Å²) in [6.45, 7) is 0. The maximum Gasteiger partial charge on any atom is 0.203 e. The first-order chi connectivity index (χ1) is 13.9. The molecule has 4 aromatic rings. The van der Waals surface area contributed by atoms with E-state index in [2.05, 4.69) is 76.5 Å². The topological polar surface area (TPSA) is 37.3 Å². The smallest absolute Gasteiger partial charge is 0.203 e. The molecule has 0 atom stereocenters.